The number of amides is 1. The number of fused-ring (bicyclic) bond motifs is 1. The van der Waals surface area contributed by atoms with E-state index in [1.165, 1.54) is 0 Å². The summed E-state index contributed by atoms with van der Waals surface area (Å²) in [7, 11) is 0. The quantitative estimate of drug-likeness (QED) is 0.776. The number of aryl methyl sites for hydroxylation is 2. The molecule has 1 aliphatic heterocycles. The second kappa shape index (κ2) is 3.35. The first-order chi connectivity index (χ1) is 7.66. The monoisotopic (exact) mass is 220 g/mol. The third kappa shape index (κ3) is 1.45. The lowest BCUT2D eigenvalue weighted by Crippen LogP contribution is -2.32. The van der Waals surface area contributed by atoms with Crippen LogP contribution in [0.4, 0.5) is 0 Å². The van der Waals surface area contributed by atoms with Gasteiger partial charge in [-0.3, -0.25) is 4.79 Å². The summed E-state index contributed by atoms with van der Waals surface area (Å²) in [6.07, 6.45) is 0. The number of hydrogen-bond acceptors (Lipinski definition) is 3. The summed E-state index contributed by atoms with van der Waals surface area (Å²) < 4.78 is 5.36. The van der Waals surface area contributed by atoms with Crippen molar-refractivity contribution in [1.82, 2.24) is 10.6 Å². The molecule has 16 heavy (non-hydrogen) atoms. The van der Waals surface area contributed by atoms with Crippen molar-refractivity contribution in [2.75, 3.05) is 13.1 Å². The minimum Gasteiger partial charge on any atom is -0.466 e. The van der Waals surface area contributed by atoms with Crippen LogP contribution in [0.2, 0.25) is 0 Å². The van der Waals surface area contributed by atoms with Crippen LogP contribution >= 0.6 is 0 Å². The van der Waals surface area contributed by atoms with Crippen molar-refractivity contribution in [3.63, 3.8) is 0 Å². The summed E-state index contributed by atoms with van der Waals surface area (Å²) in [5.41, 5.74) is 0.676. The van der Waals surface area contributed by atoms with Crippen molar-refractivity contribution in [3.05, 3.63) is 23.2 Å². The molecule has 0 aromatic carbocycles. The molecule has 0 bridgehead atoms. The normalized spacial score (nSPS) is 31.2. The molecule has 86 valence electrons. The first kappa shape index (κ1) is 9.90. The molecular formula is C12H16N2O2. The summed E-state index contributed by atoms with van der Waals surface area (Å²) in [5.74, 6) is 2.81. The second-order valence-corrected chi connectivity index (χ2v) is 4.81. The van der Waals surface area contributed by atoms with Gasteiger partial charge in [-0.05, 0) is 31.7 Å². The fraction of sp³-hybridized carbons (Fsp3) is 0.583. The molecule has 2 unspecified atom stereocenters. The Balaban J connectivity index is 1.68. The summed E-state index contributed by atoms with van der Waals surface area (Å²) in [4.78, 5) is 12.0. The van der Waals surface area contributed by atoms with E-state index in [0.29, 0.717) is 29.2 Å². The maximum atomic E-state index is 12.0. The van der Waals surface area contributed by atoms with Gasteiger partial charge in [0.1, 0.15) is 11.5 Å². The zero-order valence-electron chi connectivity index (χ0n) is 9.54. The van der Waals surface area contributed by atoms with Gasteiger partial charge in [-0.2, -0.15) is 0 Å². The zero-order chi connectivity index (χ0) is 11.3. The molecule has 0 spiro atoms. The predicted octanol–water partition coefficient (Wildman–Crippen LogP) is 0.844. The Morgan fingerprint density at radius 2 is 2.12 bits per heavy atom. The van der Waals surface area contributed by atoms with E-state index in [-0.39, 0.29) is 5.91 Å². The van der Waals surface area contributed by atoms with Gasteiger partial charge in [0, 0.05) is 19.1 Å². The molecule has 1 aromatic heterocycles. The highest BCUT2D eigenvalue weighted by Crippen LogP contribution is 2.41. The maximum Gasteiger partial charge on any atom is 0.255 e. The number of furan rings is 1. The van der Waals surface area contributed by atoms with Crippen LogP contribution in [-0.4, -0.2) is 25.0 Å². The lowest BCUT2D eigenvalue weighted by atomic mass is 10.2. The topological polar surface area (TPSA) is 54.3 Å². The highest BCUT2D eigenvalue weighted by atomic mass is 16.3. The van der Waals surface area contributed by atoms with E-state index in [1.807, 2.05) is 13.8 Å². The summed E-state index contributed by atoms with van der Waals surface area (Å²) in [6.45, 7) is 5.77. The molecular weight excluding hydrogens is 204 g/mol. The maximum absolute atomic E-state index is 12.0. The van der Waals surface area contributed by atoms with E-state index in [2.05, 4.69) is 10.6 Å². The second-order valence-electron chi connectivity index (χ2n) is 4.81. The molecule has 1 saturated carbocycles. The number of carbonyl (C=O) groups excluding carboxylic acids is 1. The van der Waals surface area contributed by atoms with Crippen LogP contribution in [0.15, 0.2) is 10.5 Å². The van der Waals surface area contributed by atoms with E-state index in [1.54, 1.807) is 6.07 Å². The summed E-state index contributed by atoms with van der Waals surface area (Å²) in [5, 5.41) is 6.40. The van der Waals surface area contributed by atoms with E-state index >= 15 is 0 Å². The lowest BCUT2D eigenvalue weighted by Gasteiger charge is -2.06. The Hall–Kier alpha value is -1.29. The molecule has 2 heterocycles. The average Bonchev–Trinajstić information content (AvgIpc) is 2.66. The first-order valence-corrected chi connectivity index (χ1v) is 5.75. The number of piperidine rings is 1. The largest absolute Gasteiger partial charge is 0.466 e. The third-order valence-corrected chi connectivity index (χ3v) is 3.68. The molecule has 1 amide bonds. The molecule has 3 rings (SSSR count). The predicted molar refractivity (Wildman–Crippen MR) is 59.3 cm³/mol. The summed E-state index contributed by atoms with van der Waals surface area (Å²) in [6, 6.07) is 2.18. The molecule has 2 N–H and O–H groups in total. The van der Waals surface area contributed by atoms with Gasteiger partial charge >= 0.3 is 0 Å². The molecule has 2 atom stereocenters. The Bertz CT molecular complexity index is 428. The molecule has 0 radical (unpaired) electrons. The van der Waals surface area contributed by atoms with Crippen LogP contribution in [0, 0.1) is 25.7 Å². The van der Waals surface area contributed by atoms with E-state index in [0.717, 1.165) is 18.8 Å². The van der Waals surface area contributed by atoms with Crippen molar-refractivity contribution in [2.24, 2.45) is 11.8 Å². The van der Waals surface area contributed by atoms with Crippen LogP contribution in [0.25, 0.3) is 0 Å². The van der Waals surface area contributed by atoms with Crippen LogP contribution < -0.4 is 10.6 Å². The van der Waals surface area contributed by atoms with Crippen molar-refractivity contribution in [1.29, 1.82) is 0 Å². The number of carbonyl (C=O) groups is 1. The van der Waals surface area contributed by atoms with Gasteiger partial charge in [-0.15, -0.1) is 0 Å². The first-order valence-electron chi connectivity index (χ1n) is 5.75. The van der Waals surface area contributed by atoms with Crippen molar-refractivity contribution < 1.29 is 9.21 Å². The molecule has 4 nitrogen and oxygen atoms in total. The van der Waals surface area contributed by atoms with Gasteiger partial charge in [0.25, 0.3) is 5.91 Å². The van der Waals surface area contributed by atoms with Crippen molar-refractivity contribution >= 4 is 5.91 Å². The van der Waals surface area contributed by atoms with Gasteiger partial charge in [0.15, 0.2) is 0 Å². The lowest BCUT2D eigenvalue weighted by molar-refractivity contribution is 0.0945. The Labute approximate surface area is 94.4 Å². The van der Waals surface area contributed by atoms with Crippen molar-refractivity contribution in [2.45, 2.75) is 19.9 Å². The minimum atomic E-state index is 0.00810. The SMILES string of the molecule is Cc1cc(C(=O)NC2C3CNCC32)c(C)o1. The highest BCUT2D eigenvalue weighted by molar-refractivity contribution is 5.95. The van der Waals surface area contributed by atoms with E-state index in [4.69, 9.17) is 4.42 Å². The van der Waals surface area contributed by atoms with Crippen LogP contribution in [0.1, 0.15) is 21.9 Å². The molecule has 2 fully saturated rings. The molecule has 4 heteroatoms. The molecule has 1 aliphatic carbocycles. The fourth-order valence-corrected chi connectivity index (χ4v) is 2.72. The Kier molecular flexibility index (Phi) is 2.07. The highest BCUT2D eigenvalue weighted by Gasteiger charge is 2.53. The Morgan fingerprint density at radius 1 is 1.44 bits per heavy atom. The molecule has 2 aliphatic rings. The zero-order valence-corrected chi connectivity index (χ0v) is 9.54. The fourth-order valence-electron chi connectivity index (χ4n) is 2.72. The number of rotatable bonds is 2. The molecule has 1 aromatic rings. The van der Waals surface area contributed by atoms with Crippen molar-refractivity contribution in [3.8, 4) is 0 Å². The average molecular weight is 220 g/mol. The van der Waals surface area contributed by atoms with Crippen LogP contribution in [0.5, 0.6) is 0 Å². The molecule has 1 saturated heterocycles. The van der Waals surface area contributed by atoms with Crippen LogP contribution in [0.3, 0.4) is 0 Å². The van der Waals surface area contributed by atoms with Gasteiger partial charge < -0.3 is 15.1 Å². The van der Waals surface area contributed by atoms with Gasteiger partial charge in [-0.1, -0.05) is 0 Å². The number of hydrogen-bond donors (Lipinski definition) is 2. The number of nitrogens with one attached hydrogen (secondary N) is 2. The third-order valence-electron chi connectivity index (χ3n) is 3.68. The van der Waals surface area contributed by atoms with Gasteiger partial charge in [-0.25, -0.2) is 0 Å². The standard InChI is InChI=1S/C12H16N2O2/c1-6-3-8(7(2)16-6)12(15)14-11-9-4-13-5-10(9)11/h3,9-11,13H,4-5H2,1-2H3,(H,14,15). The summed E-state index contributed by atoms with van der Waals surface area (Å²) >= 11 is 0. The smallest absolute Gasteiger partial charge is 0.255 e. The van der Waals surface area contributed by atoms with E-state index in [9.17, 15) is 4.79 Å². The van der Waals surface area contributed by atoms with Gasteiger partial charge in [0.2, 0.25) is 0 Å². The Morgan fingerprint density at radius 3 is 2.69 bits per heavy atom. The van der Waals surface area contributed by atoms with Gasteiger partial charge in [0.05, 0.1) is 5.56 Å². The minimum absolute atomic E-state index is 0.00810. The van der Waals surface area contributed by atoms with E-state index < -0.39 is 0 Å². The van der Waals surface area contributed by atoms with Crippen LogP contribution in [-0.2, 0) is 0 Å².